The van der Waals surface area contributed by atoms with Gasteiger partial charge in [0.05, 0.1) is 5.92 Å². The summed E-state index contributed by atoms with van der Waals surface area (Å²) in [6, 6.07) is 6.71. The maximum Gasteiger partial charge on any atom is 0.229 e. The van der Waals surface area contributed by atoms with Gasteiger partial charge in [-0.05, 0) is 34.8 Å². The third-order valence-corrected chi connectivity index (χ3v) is 2.68. The zero-order valence-electron chi connectivity index (χ0n) is 7.54. The Bertz CT molecular complexity index is 390. The van der Waals surface area contributed by atoms with Gasteiger partial charge in [-0.1, -0.05) is 29.8 Å². The van der Waals surface area contributed by atoms with Crippen LogP contribution in [0.5, 0.6) is 0 Å². The van der Waals surface area contributed by atoms with Gasteiger partial charge in [-0.2, -0.15) is 0 Å². The molecule has 0 bridgehead atoms. The Morgan fingerprint density at radius 2 is 1.80 bits per heavy atom. The van der Waals surface area contributed by atoms with Crippen molar-refractivity contribution < 1.29 is 9.59 Å². The molecule has 0 saturated heterocycles. The van der Waals surface area contributed by atoms with Crippen molar-refractivity contribution >= 4 is 45.3 Å². The van der Waals surface area contributed by atoms with Gasteiger partial charge < -0.3 is 0 Å². The lowest BCUT2D eigenvalue weighted by Crippen LogP contribution is -2.10. The summed E-state index contributed by atoms with van der Waals surface area (Å²) >= 11 is 16.5. The highest BCUT2D eigenvalue weighted by Gasteiger charge is 2.23. The molecule has 1 atom stereocenters. The van der Waals surface area contributed by atoms with Crippen molar-refractivity contribution in [2.75, 3.05) is 0 Å². The van der Waals surface area contributed by atoms with E-state index >= 15 is 0 Å². The summed E-state index contributed by atoms with van der Waals surface area (Å²) in [5.41, 5.74) is 0.521. The van der Waals surface area contributed by atoms with Crippen molar-refractivity contribution in [1.82, 2.24) is 0 Å². The molecule has 0 aromatic heterocycles. The fourth-order valence-corrected chi connectivity index (χ4v) is 1.85. The number of hydrogen-bond donors (Lipinski definition) is 0. The van der Waals surface area contributed by atoms with Crippen LogP contribution in [0.15, 0.2) is 24.3 Å². The third-order valence-electron chi connectivity index (χ3n) is 1.92. The Labute approximate surface area is 102 Å². The molecule has 1 rings (SSSR count). The number of hydrogen-bond acceptors (Lipinski definition) is 2. The Morgan fingerprint density at radius 3 is 2.27 bits per heavy atom. The first-order chi connectivity index (χ1) is 7.02. The largest absolute Gasteiger partial charge is 0.281 e. The van der Waals surface area contributed by atoms with E-state index in [1.165, 1.54) is 0 Å². The normalized spacial score (nSPS) is 12.2. The summed E-state index contributed by atoms with van der Waals surface area (Å²) in [4.78, 5) is 21.9. The SMILES string of the molecule is O=C(Cl)C[C@H](C(=O)Cl)c1ccccc1Cl. The second kappa shape index (κ2) is 5.50. The molecule has 0 aliphatic carbocycles. The maximum atomic E-state index is 11.1. The third kappa shape index (κ3) is 3.49. The van der Waals surface area contributed by atoms with Crippen LogP contribution in [0, 0.1) is 0 Å². The summed E-state index contributed by atoms with van der Waals surface area (Å²) in [5, 5.41) is -0.861. The fraction of sp³-hybridized carbons (Fsp3) is 0.200. The lowest BCUT2D eigenvalue weighted by Gasteiger charge is -2.11. The van der Waals surface area contributed by atoms with Gasteiger partial charge in [-0.25, -0.2) is 0 Å². The summed E-state index contributed by atoms with van der Waals surface area (Å²) in [5.74, 6) is -0.773. The predicted molar refractivity (Wildman–Crippen MR) is 60.5 cm³/mol. The number of carbonyl (C=O) groups excluding carboxylic acids is 2. The predicted octanol–water partition coefficient (Wildman–Crippen LogP) is 3.34. The second-order valence-electron chi connectivity index (χ2n) is 2.94. The lowest BCUT2D eigenvalue weighted by atomic mass is 9.97. The van der Waals surface area contributed by atoms with Gasteiger partial charge in [0.15, 0.2) is 0 Å². The maximum absolute atomic E-state index is 11.1. The topological polar surface area (TPSA) is 34.1 Å². The van der Waals surface area contributed by atoms with Gasteiger partial charge >= 0.3 is 0 Å². The molecule has 5 heteroatoms. The van der Waals surface area contributed by atoms with Gasteiger partial charge in [0.1, 0.15) is 0 Å². The molecule has 0 N–H and O–H groups in total. The van der Waals surface area contributed by atoms with Crippen LogP contribution in [0.3, 0.4) is 0 Å². The smallest absolute Gasteiger partial charge is 0.229 e. The van der Waals surface area contributed by atoms with Gasteiger partial charge in [-0.15, -0.1) is 0 Å². The zero-order valence-corrected chi connectivity index (χ0v) is 9.81. The summed E-state index contributed by atoms with van der Waals surface area (Å²) in [7, 11) is 0. The minimum atomic E-state index is -0.773. The van der Waals surface area contributed by atoms with Crippen LogP contribution in [0.25, 0.3) is 0 Å². The first-order valence-electron chi connectivity index (χ1n) is 4.14. The molecule has 0 spiro atoms. The highest BCUT2D eigenvalue weighted by molar-refractivity contribution is 6.67. The van der Waals surface area contributed by atoms with E-state index in [0.29, 0.717) is 10.6 Å². The number of benzene rings is 1. The quantitative estimate of drug-likeness (QED) is 0.783. The summed E-state index contributed by atoms with van der Waals surface area (Å²) < 4.78 is 0. The van der Waals surface area contributed by atoms with E-state index < -0.39 is 16.4 Å². The first kappa shape index (κ1) is 12.5. The van der Waals surface area contributed by atoms with Crippen LogP contribution in [0.1, 0.15) is 17.9 Å². The molecule has 0 saturated carbocycles. The first-order valence-corrected chi connectivity index (χ1v) is 5.28. The number of rotatable bonds is 4. The van der Waals surface area contributed by atoms with Crippen LogP contribution in [0.2, 0.25) is 5.02 Å². The minimum absolute atomic E-state index is 0.145. The van der Waals surface area contributed by atoms with Crippen molar-refractivity contribution in [3.8, 4) is 0 Å². The van der Waals surface area contributed by atoms with Crippen molar-refractivity contribution in [3.05, 3.63) is 34.9 Å². The lowest BCUT2D eigenvalue weighted by molar-refractivity contribution is -0.117. The van der Waals surface area contributed by atoms with E-state index in [2.05, 4.69) is 0 Å². The molecule has 15 heavy (non-hydrogen) atoms. The standard InChI is InChI=1S/C10H7Cl3O2/c11-8-4-2-1-3-6(8)7(10(13)15)5-9(12)14/h1-4,7H,5H2/t7-/m0/s1. The van der Waals surface area contributed by atoms with Crippen LogP contribution in [-0.2, 0) is 9.59 Å². The van der Waals surface area contributed by atoms with Crippen molar-refractivity contribution in [2.45, 2.75) is 12.3 Å². The average molecular weight is 266 g/mol. The van der Waals surface area contributed by atoms with Gasteiger partial charge in [-0.3, -0.25) is 9.59 Å². The molecular formula is C10H7Cl3O2. The molecule has 0 radical (unpaired) electrons. The van der Waals surface area contributed by atoms with Crippen LogP contribution < -0.4 is 0 Å². The van der Waals surface area contributed by atoms with Crippen molar-refractivity contribution in [1.29, 1.82) is 0 Å². The molecule has 0 amide bonds. The highest BCUT2D eigenvalue weighted by Crippen LogP contribution is 2.29. The van der Waals surface area contributed by atoms with Gasteiger partial charge in [0.2, 0.25) is 10.5 Å². The molecule has 1 aromatic carbocycles. The van der Waals surface area contributed by atoms with Gasteiger partial charge in [0.25, 0.3) is 0 Å². The molecule has 2 nitrogen and oxygen atoms in total. The number of halogens is 3. The average Bonchev–Trinajstić information content (AvgIpc) is 2.15. The Balaban J connectivity index is 3.04. The van der Waals surface area contributed by atoms with Crippen molar-refractivity contribution in [2.24, 2.45) is 0 Å². The van der Waals surface area contributed by atoms with Gasteiger partial charge in [0, 0.05) is 11.4 Å². The second-order valence-corrected chi connectivity index (χ2v) is 4.14. The van der Waals surface area contributed by atoms with E-state index in [1.54, 1.807) is 24.3 Å². The molecule has 0 fully saturated rings. The fourth-order valence-electron chi connectivity index (χ4n) is 1.23. The highest BCUT2D eigenvalue weighted by atomic mass is 35.5. The number of carbonyl (C=O) groups is 2. The molecule has 0 aliphatic rings. The summed E-state index contributed by atoms with van der Waals surface area (Å²) in [6.07, 6.45) is -0.145. The molecule has 0 aliphatic heterocycles. The molecule has 0 unspecified atom stereocenters. The molecular weight excluding hydrogens is 258 g/mol. The van der Waals surface area contributed by atoms with Crippen molar-refractivity contribution in [3.63, 3.8) is 0 Å². The van der Waals surface area contributed by atoms with E-state index in [9.17, 15) is 9.59 Å². The molecule has 80 valence electrons. The zero-order chi connectivity index (χ0) is 11.4. The minimum Gasteiger partial charge on any atom is -0.281 e. The van der Waals surface area contributed by atoms with E-state index in [1.807, 2.05) is 0 Å². The molecule has 1 aromatic rings. The Kier molecular flexibility index (Phi) is 4.58. The Morgan fingerprint density at radius 1 is 1.20 bits per heavy atom. The Hall–Kier alpha value is -0.570. The van der Waals surface area contributed by atoms with E-state index in [0.717, 1.165) is 0 Å². The van der Waals surface area contributed by atoms with E-state index in [4.69, 9.17) is 34.8 Å². The molecule has 0 heterocycles. The van der Waals surface area contributed by atoms with Crippen LogP contribution in [0.4, 0.5) is 0 Å². The van der Waals surface area contributed by atoms with E-state index in [-0.39, 0.29) is 6.42 Å². The monoisotopic (exact) mass is 264 g/mol. The van der Waals surface area contributed by atoms with Crippen LogP contribution in [-0.4, -0.2) is 10.5 Å². The summed E-state index contributed by atoms with van der Waals surface area (Å²) in [6.45, 7) is 0. The van der Waals surface area contributed by atoms with Crippen LogP contribution >= 0.6 is 34.8 Å².